The number of nitrogens with zero attached hydrogens (tertiary/aromatic N) is 3. The molecule has 6 nitrogen and oxygen atoms in total. The van der Waals surface area contributed by atoms with Crippen LogP contribution in [0.2, 0.25) is 0 Å². The Morgan fingerprint density at radius 3 is 2.81 bits per heavy atom. The third-order valence-corrected chi connectivity index (χ3v) is 4.79. The highest BCUT2D eigenvalue weighted by Crippen LogP contribution is 2.18. The maximum absolute atomic E-state index is 5.40. The van der Waals surface area contributed by atoms with E-state index in [4.69, 9.17) is 4.42 Å². The van der Waals surface area contributed by atoms with Crippen LogP contribution >= 0.6 is 0 Å². The van der Waals surface area contributed by atoms with E-state index in [1.807, 2.05) is 18.3 Å². The third kappa shape index (κ3) is 6.01. The Balaban J connectivity index is 1.47. The van der Waals surface area contributed by atoms with Gasteiger partial charge in [0.2, 0.25) is 0 Å². The molecule has 0 aromatic carbocycles. The molecule has 3 heterocycles. The molecule has 2 aromatic heterocycles. The van der Waals surface area contributed by atoms with E-state index in [0.29, 0.717) is 6.04 Å². The quantitative estimate of drug-likeness (QED) is 0.580. The molecule has 0 atom stereocenters. The average molecular weight is 370 g/mol. The first-order valence-electron chi connectivity index (χ1n) is 9.99. The minimum Gasteiger partial charge on any atom is -0.469 e. The average Bonchev–Trinajstić information content (AvgIpc) is 3.21. The molecule has 2 aromatic rings. The van der Waals surface area contributed by atoms with Gasteiger partial charge in [-0.2, -0.15) is 0 Å². The van der Waals surface area contributed by atoms with Crippen LogP contribution in [0.1, 0.15) is 37.5 Å². The molecular weight excluding hydrogens is 338 g/mol. The fraction of sp³-hybridized carbons (Fsp3) is 0.524. The number of anilines is 1. The van der Waals surface area contributed by atoms with E-state index in [0.717, 1.165) is 69.4 Å². The Bertz CT molecular complexity index is 688. The maximum atomic E-state index is 5.40. The van der Waals surface area contributed by atoms with Gasteiger partial charge in [-0.25, -0.2) is 4.98 Å². The van der Waals surface area contributed by atoms with Crippen molar-refractivity contribution in [3.8, 4) is 0 Å². The van der Waals surface area contributed by atoms with Gasteiger partial charge in [0.1, 0.15) is 11.6 Å². The normalized spacial score (nSPS) is 15.8. The Morgan fingerprint density at radius 2 is 2.15 bits per heavy atom. The number of aliphatic imine (C=N–C) groups is 1. The summed E-state index contributed by atoms with van der Waals surface area (Å²) in [4.78, 5) is 11.6. The van der Waals surface area contributed by atoms with Crippen molar-refractivity contribution in [3.63, 3.8) is 0 Å². The molecule has 1 fully saturated rings. The van der Waals surface area contributed by atoms with Crippen molar-refractivity contribution in [2.45, 2.75) is 45.6 Å². The van der Waals surface area contributed by atoms with Crippen LogP contribution in [0.4, 0.5) is 5.82 Å². The molecule has 0 aliphatic carbocycles. The fourth-order valence-corrected chi connectivity index (χ4v) is 3.23. The second-order valence-electron chi connectivity index (χ2n) is 7.09. The first-order valence-corrected chi connectivity index (χ1v) is 9.99. The van der Waals surface area contributed by atoms with Gasteiger partial charge in [-0.15, -0.1) is 0 Å². The number of guanidine groups is 1. The Kier molecular flexibility index (Phi) is 7.13. The summed E-state index contributed by atoms with van der Waals surface area (Å²) in [5.41, 5.74) is 1.20. The predicted molar refractivity (Wildman–Crippen MR) is 110 cm³/mol. The Hall–Kier alpha value is -2.50. The summed E-state index contributed by atoms with van der Waals surface area (Å²) >= 11 is 0. The summed E-state index contributed by atoms with van der Waals surface area (Å²) in [5.74, 6) is 2.99. The van der Waals surface area contributed by atoms with E-state index in [9.17, 15) is 0 Å². The molecule has 0 unspecified atom stereocenters. The minimum atomic E-state index is 0.443. The standard InChI is InChI=1S/C21H31N5O/c1-3-11-22-21(23-12-8-19-5-4-15-27-19)25-18-9-13-26(14-10-18)20-7-6-17(2)16-24-20/h4-7,15-16,18H,3,8-14H2,1-2H3,(H2,22,23,25). The minimum absolute atomic E-state index is 0.443. The van der Waals surface area contributed by atoms with E-state index in [2.05, 4.69) is 51.5 Å². The fourth-order valence-electron chi connectivity index (χ4n) is 3.23. The molecule has 1 aliphatic rings. The molecule has 27 heavy (non-hydrogen) atoms. The van der Waals surface area contributed by atoms with E-state index >= 15 is 0 Å². The predicted octanol–water partition coefficient (Wildman–Crippen LogP) is 3.14. The van der Waals surface area contributed by atoms with Gasteiger partial charge in [-0.3, -0.25) is 4.99 Å². The molecule has 0 amide bonds. The summed E-state index contributed by atoms with van der Waals surface area (Å²) in [7, 11) is 0. The van der Waals surface area contributed by atoms with Gasteiger partial charge in [0.05, 0.1) is 6.26 Å². The second-order valence-corrected chi connectivity index (χ2v) is 7.09. The van der Waals surface area contributed by atoms with Gasteiger partial charge < -0.3 is 20.0 Å². The maximum Gasteiger partial charge on any atom is 0.191 e. The number of aromatic nitrogens is 1. The molecule has 2 N–H and O–H groups in total. The van der Waals surface area contributed by atoms with E-state index in [1.165, 1.54) is 5.56 Å². The molecule has 6 heteroatoms. The topological polar surface area (TPSA) is 65.7 Å². The van der Waals surface area contributed by atoms with Crippen molar-refractivity contribution < 1.29 is 4.42 Å². The zero-order valence-electron chi connectivity index (χ0n) is 16.4. The summed E-state index contributed by atoms with van der Waals surface area (Å²) < 4.78 is 5.40. The lowest BCUT2D eigenvalue weighted by Gasteiger charge is -2.34. The molecule has 1 aliphatic heterocycles. The molecule has 0 bridgehead atoms. The van der Waals surface area contributed by atoms with Crippen molar-refractivity contribution >= 4 is 11.8 Å². The van der Waals surface area contributed by atoms with Gasteiger partial charge in [0.15, 0.2) is 5.96 Å². The Labute approximate surface area is 162 Å². The van der Waals surface area contributed by atoms with Gasteiger partial charge >= 0.3 is 0 Å². The number of rotatable bonds is 7. The third-order valence-electron chi connectivity index (χ3n) is 4.79. The SMILES string of the molecule is CCCN=C(NCCc1ccco1)NC1CCN(c2ccc(C)cn2)CC1. The largest absolute Gasteiger partial charge is 0.469 e. The molecule has 3 rings (SSSR count). The number of furan rings is 1. The number of pyridine rings is 1. The number of hydrogen-bond acceptors (Lipinski definition) is 4. The van der Waals surface area contributed by atoms with E-state index in [1.54, 1.807) is 6.26 Å². The van der Waals surface area contributed by atoms with E-state index in [-0.39, 0.29) is 0 Å². The number of piperidine rings is 1. The van der Waals surface area contributed by atoms with Crippen molar-refractivity contribution in [1.82, 2.24) is 15.6 Å². The Morgan fingerprint density at radius 1 is 1.30 bits per heavy atom. The van der Waals surface area contributed by atoms with Crippen molar-refractivity contribution in [1.29, 1.82) is 0 Å². The van der Waals surface area contributed by atoms with Crippen LogP contribution in [-0.2, 0) is 6.42 Å². The molecule has 1 saturated heterocycles. The van der Waals surface area contributed by atoms with Crippen molar-refractivity contribution in [2.75, 3.05) is 31.1 Å². The zero-order chi connectivity index (χ0) is 18.9. The van der Waals surface area contributed by atoms with Crippen LogP contribution in [0.5, 0.6) is 0 Å². The molecular formula is C21H31N5O. The van der Waals surface area contributed by atoms with Gasteiger partial charge in [0.25, 0.3) is 0 Å². The highest BCUT2D eigenvalue weighted by molar-refractivity contribution is 5.80. The summed E-state index contributed by atoms with van der Waals surface area (Å²) in [6.07, 6.45) is 7.73. The van der Waals surface area contributed by atoms with Gasteiger partial charge in [-0.05, 0) is 49.9 Å². The van der Waals surface area contributed by atoms with Crippen LogP contribution in [-0.4, -0.2) is 43.2 Å². The molecule has 0 radical (unpaired) electrons. The molecule has 0 spiro atoms. The van der Waals surface area contributed by atoms with Crippen molar-refractivity contribution in [3.05, 3.63) is 48.0 Å². The van der Waals surface area contributed by atoms with Gasteiger partial charge in [-0.1, -0.05) is 13.0 Å². The summed E-state index contributed by atoms with van der Waals surface area (Å²) in [6, 6.07) is 8.63. The number of nitrogens with one attached hydrogen (secondary N) is 2. The molecule has 0 saturated carbocycles. The smallest absolute Gasteiger partial charge is 0.191 e. The van der Waals surface area contributed by atoms with Gasteiger partial charge in [0, 0.05) is 44.8 Å². The lowest BCUT2D eigenvalue weighted by Crippen LogP contribution is -2.49. The number of hydrogen-bond donors (Lipinski definition) is 2. The monoisotopic (exact) mass is 369 g/mol. The lowest BCUT2D eigenvalue weighted by molar-refractivity contribution is 0.458. The highest BCUT2D eigenvalue weighted by Gasteiger charge is 2.20. The van der Waals surface area contributed by atoms with Crippen LogP contribution in [0.25, 0.3) is 0 Å². The van der Waals surface area contributed by atoms with Crippen LogP contribution in [0, 0.1) is 6.92 Å². The first-order chi connectivity index (χ1) is 13.2. The molecule has 146 valence electrons. The van der Waals surface area contributed by atoms with Crippen LogP contribution in [0.15, 0.2) is 46.1 Å². The first kappa shape index (κ1) is 19.3. The van der Waals surface area contributed by atoms with Crippen LogP contribution in [0.3, 0.4) is 0 Å². The number of aryl methyl sites for hydroxylation is 1. The van der Waals surface area contributed by atoms with Crippen LogP contribution < -0.4 is 15.5 Å². The summed E-state index contributed by atoms with van der Waals surface area (Å²) in [6.45, 7) is 7.90. The zero-order valence-corrected chi connectivity index (χ0v) is 16.4. The second kappa shape index (κ2) is 10.00. The highest BCUT2D eigenvalue weighted by atomic mass is 16.3. The lowest BCUT2D eigenvalue weighted by atomic mass is 10.1. The summed E-state index contributed by atoms with van der Waals surface area (Å²) in [5, 5.41) is 7.06. The van der Waals surface area contributed by atoms with E-state index < -0.39 is 0 Å². The van der Waals surface area contributed by atoms with Crippen molar-refractivity contribution in [2.24, 2.45) is 4.99 Å².